The van der Waals surface area contributed by atoms with Crippen LogP contribution >= 0.6 is 22.7 Å². The second-order valence-electron chi connectivity index (χ2n) is 5.65. The summed E-state index contributed by atoms with van der Waals surface area (Å²) in [6.07, 6.45) is 7.01. The molecule has 0 fully saturated rings. The number of hydrogen-bond donors (Lipinski definition) is 0. The van der Waals surface area contributed by atoms with Gasteiger partial charge in [-0.25, -0.2) is 9.97 Å². The lowest BCUT2D eigenvalue weighted by atomic mass is 10.1. The van der Waals surface area contributed by atoms with E-state index in [1.807, 2.05) is 36.4 Å². The average Bonchev–Trinajstić information content (AvgIpc) is 3.05. The van der Waals surface area contributed by atoms with Crippen LogP contribution in [0, 0.1) is 0 Å². The first-order valence-corrected chi connectivity index (χ1v) is 9.47. The predicted molar refractivity (Wildman–Crippen MR) is 106 cm³/mol. The van der Waals surface area contributed by atoms with Gasteiger partial charge >= 0.3 is 0 Å². The van der Waals surface area contributed by atoms with Gasteiger partial charge in [-0.3, -0.25) is 14.8 Å². The van der Waals surface area contributed by atoms with Gasteiger partial charge in [-0.2, -0.15) is 0 Å². The normalized spacial score (nSPS) is 11.2. The fourth-order valence-electron chi connectivity index (χ4n) is 2.83. The maximum Gasteiger partial charge on any atom is 0.288 e. The van der Waals surface area contributed by atoms with Crippen LogP contribution in [0.5, 0.6) is 0 Å². The summed E-state index contributed by atoms with van der Waals surface area (Å²) in [6, 6.07) is 11.6. The molecule has 26 heavy (non-hydrogen) atoms. The van der Waals surface area contributed by atoms with Crippen molar-refractivity contribution in [3.63, 3.8) is 0 Å². The van der Waals surface area contributed by atoms with Gasteiger partial charge < -0.3 is 0 Å². The van der Waals surface area contributed by atoms with E-state index in [0.29, 0.717) is 0 Å². The van der Waals surface area contributed by atoms with Crippen molar-refractivity contribution in [2.45, 2.75) is 0 Å². The fourth-order valence-corrected chi connectivity index (χ4v) is 4.81. The van der Waals surface area contributed by atoms with Crippen LogP contribution in [0.2, 0.25) is 0 Å². The quantitative estimate of drug-likeness (QED) is 0.458. The van der Waals surface area contributed by atoms with Gasteiger partial charge in [0.1, 0.15) is 0 Å². The number of nitrogens with zero attached hydrogens (tertiary/aromatic N) is 4. The zero-order valence-corrected chi connectivity index (χ0v) is 14.9. The third kappa shape index (κ3) is 2.58. The summed E-state index contributed by atoms with van der Waals surface area (Å²) in [5.41, 5.74) is 4.80. The molecule has 0 bridgehead atoms. The van der Waals surface area contributed by atoms with E-state index in [2.05, 4.69) is 9.97 Å². The molecule has 5 rings (SSSR count). The van der Waals surface area contributed by atoms with Crippen LogP contribution in [0.15, 0.2) is 66.0 Å². The van der Waals surface area contributed by atoms with E-state index < -0.39 is 0 Å². The molecule has 5 aromatic rings. The Labute approximate surface area is 155 Å². The van der Waals surface area contributed by atoms with Crippen molar-refractivity contribution in [1.82, 2.24) is 19.9 Å². The Morgan fingerprint density at radius 1 is 0.731 bits per heavy atom. The van der Waals surface area contributed by atoms with Crippen LogP contribution in [0.25, 0.3) is 42.9 Å². The first-order chi connectivity index (χ1) is 12.8. The van der Waals surface area contributed by atoms with E-state index >= 15 is 0 Å². The molecule has 0 amide bonds. The Hall–Kier alpha value is -3.03. The lowest BCUT2D eigenvalue weighted by Gasteiger charge is -2.10. The third-order valence-corrected chi connectivity index (χ3v) is 6.06. The van der Waals surface area contributed by atoms with Crippen molar-refractivity contribution in [2.75, 3.05) is 0 Å². The molecule has 0 saturated carbocycles. The molecule has 0 spiro atoms. The molecule has 0 atom stereocenters. The predicted octanol–water partition coefficient (Wildman–Crippen LogP) is 4.39. The molecule has 0 radical (unpaired) electrons. The molecule has 0 unspecified atom stereocenters. The second-order valence-corrected chi connectivity index (χ2v) is 7.93. The first kappa shape index (κ1) is 15.2. The molecule has 4 aromatic heterocycles. The molecule has 4 heterocycles. The molecule has 0 N–H and O–H groups in total. The largest absolute Gasteiger partial charge is 0.288 e. The van der Waals surface area contributed by atoms with Gasteiger partial charge in [0.15, 0.2) is 0 Å². The SMILES string of the molecule is O=c1sc2cc3nc(-c4cccnc4)c(-c4cccnc4)nc3cc2s1. The molecule has 0 aliphatic carbocycles. The van der Waals surface area contributed by atoms with E-state index in [1.54, 1.807) is 24.8 Å². The van der Waals surface area contributed by atoms with Crippen LogP contribution in [0.4, 0.5) is 0 Å². The minimum atomic E-state index is 0.0790. The highest BCUT2D eigenvalue weighted by molar-refractivity contribution is 7.35. The molecule has 0 saturated heterocycles. The van der Waals surface area contributed by atoms with Crippen LogP contribution in [0.3, 0.4) is 0 Å². The molecule has 0 aliphatic heterocycles. The molecule has 0 aliphatic rings. The van der Waals surface area contributed by atoms with Crippen molar-refractivity contribution in [1.29, 1.82) is 0 Å². The van der Waals surface area contributed by atoms with Crippen LogP contribution in [-0.4, -0.2) is 19.9 Å². The monoisotopic (exact) mass is 374 g/mol. The minimum Gasteiger partial charge on any atom is -0.265 e. The Morgan fingerprint density at radius 2 is 1.23 bits per heavy atom. The molecule has 5 nitrogen and oxygen atoms in total. The zero-order valence-electron chi connectivity index (χ0n) is 13.3. The van der Waals surface area contributed by atoms with Crippen molar-refractivity contribution in [3.8, 4) is 22.5 Å². The third-order valence-electron chi connectivity index (χ3n) is 3.99. The smallest absolute Gasteiger partial charge is 0.265 e. The number of hydrogen-bond acceptors (Lipinski definition) is 7. The minimum absolute atomic E-state index is 0.0790. The van der Waals surface area contributed by atoms with Crippen LogP contribution in [-0.2, 0) is 0 Å². The molecular weight excluding hydrogens is 364 g/mol. The van der Waals surface area contributed by atoms with Gasteiger partial charge in [0.2, 0.25) is 0 Å². The van der Waals surface area contributed by atoms with Crippen molar-refractivity contribution < 1.29 is 0 Å². The van der Waals surface area contributed by atoms with E-state index in [-0.39, 0.29) is 4.06 Å². The standard InChI is InChI=1S/C19H10N4OS2/c24-19-25-15-7-13-14(8-16(15)26-19)23-18(12-4-2-6-21-10-12)17(22-13)11-3-1-5-20-9-11/h1-10H. The number of benzene rings is 1. The number of aromatic nitrogens is 4. The van der Waals surface area contributed by atoms with Gasteiger partial charge in [-0.1, -0.05) is 22.7 Å². The van der Waals surface area contributed by atoms with Gasteiger partial charge in [0.05, 0.1) is 31.8 Å². The average molecular weight is 374 g/mol. The summed E-state index contributed by atoms with van der Waals surface area (Å²) in [5, 5.41) is 0. The first-order valence-electron chi connectivity index (χ1n) is 7.84. The Bertz CT molecular complexity index is 1200. The van der Waals surface area contributed by atoms with Crippen molar-refractivity contribution in [3.05, 3.63) is 70.0 Å². The lowest BCUT2D eigenvalue weighted by Crippen LogP contribution is -1.96. The van der Waals surface area contributed by atoms with E-state index in [1.165, 1.54) is 22.7 Å². The van der Waals surface area contributed by atoms with Crippen molar-refractivity contribution in [2.24, 2.45) is 0 Å². The van der Waals surface area contributed by atoms with E-state index in [0.717, 1.165) is 42.9 Å². The Kier molecular flexibility index (Phi) is 3.55. The summed E-state index contributed by atoms with van der Waals surface area (Å²) in [5.74, 6) is 0. The highest BCUT2D eigenvalue weighted by Crippen LogP contribution is 2.32. The number of pyridine rings is 2. The zero-order chi connectivity index (χ0) is 17.5. The van der Waals surface area contributed by atoms with Gasteiger partial charge in [-0.15, -0.1) is 0 Å². The van der Waals surface area contributed by atoms with Gasteiger partial charge in [0.25, 0.3) is 4.06 Å². The Balaban J connectivity index is 1.87. The van der Waals surface area contributed by atoms with Gasteiger partial charge in [0, 0.05) is 35.9 Å². The maximum atomic E-state index is 11.7. The van der Waals surface area contributed by atoms with E-state index in [9.17, 15) is 4.79 Å². The molecule has 1 aromatic carbocycles. The summed E-state index contributed by atoms with van der Waals surface area (Å²) in [7, 11) is 0. The van der Waals surface area contributed by atoms with Gasteiger partial charge in [-0.05, 0) is 36.4 Å². The van der Waals surface area contributed by atoms with Crippen LogP contribution in [0.1, 0.15) is 0 Å². The topological polar surface area (TPSA) is 68.6 Å². The molecule has 7 heteroatoms. The number of rotatable bonds is 2. The summed E-state index contributed by atoms with van der Waals surface area (Å²) >= 11 is 2.48. The summed E-state index contributed by atoms with van der Waals surface area (Å²) in [6.45, 7) is 0. The van der Waals surface area contributed by atoms with Crippen molar-refractivity contribution >= 4 is 43.1 Å². The van der Waals surface area contributed by atoms with Crippen LogP contribution < -0.4 is 4.06 Å². The van der Waals surface area contributed by atoms with E-state index in [4.69, 9.17) is 9.97 Å². The summed E-state index contributed by atoms with van der Waals surface area (Å²) < 4.78 is 1.96. The summed E-state index contributed by atoms with van der Waals surface area (Å²) in [4.78, 5) is 29.9. The highest BCUT2D eigenvalue weighted by Gasteiger charge is 2.15. The highest BCUT2D eigenvalue weighted by atomic mass is 32.2. The maximum absolute atomic E-state index is 11.7. The second kappa shape index (κ2) is 6.05. The Morgan fingerprint density at radius 3 is 1.65 bits per heavy atom. The number of fused-ring (bicyclic) bond motifs is 2. The lowest BCUT2D eigenvalue weighted by molar-refractivity contribution is 1.25. The fraction of sp³-hybridized carbons (Fsp3) is 0. The molecule has 124 valence electrons. The molecular formula is C19H10N4OS2.